The molecule has 0 fully saturated rings. The fraction of sp³-hybridized carbons (Fsp3) is 0.222. The number of rotatable bonds is 7. The van der Waals surface area contributed by atoms with Crippen LogP contribution in [0.25, 0.3) is 0 Å². The van der Waals surface area contributed by atoms with Crippen LogP contribution in [0, 0.1) is 0 Å². The van der Waals surface area contributed by atoms with Crippen molar-refractivity contribution in [2.45, 2.75) is 26.0 Å². The van der Waals surface area contributed by atoms with Gasteiger partial charge in [-0.1, -0.05) is 25.1 Å². The molecular weight excluding hydrogens is 352 g/mol. The summed E-state index contributed by atoms with van der Waals surface area (Å²) in [6.07, 6.45) is 3.63. The third kappa shape index (κ3) is 4.34. The van der Waals surface area contributed by atoms with Crippen molar-refractivity contribution in [3.8, 4) is 5.75 Å². The zero-order valence-electron chi connectivity index (χ0n) is 14.1. The monoisotopic (exact) mass is 370 g/mol. The molecule has 0 aliphatic heterocycles. The van der Waals surface area contributed by atoms with Crippen LogP contribution in [0.3, 0.4) is 0 Å². The van der Waals surface area contributed by atoms with Crippen LogP contribution >= 0.6 is 11.3 Å². The number of hydrogen-bond donors (Lipinski definition) is 2. The average Bonchev–Trinajstić information content (AvgIpc) is 3.19. The number of nitrogens with one attached hydrogen (secondary N) is 2. The van der Waals surface area contributed by atoms with Crippen molar-refractivity contribution in [2.75, 3.05) is 0 Å². The molecular formula is C18H18N4O3S. The number of aromatic nitrogens is 3. The largest absolute Gasteiger partial charge is 0.486 e. The van der Waals surface area contributed by atoms with Crippen LogP contribution in [0.4, 0.5) is 0 Å². The highest BCUT2D eigenvalue weighted by atomic mass is 32.1. The number of hydrogen-bond acceptors (Lipinski definition) is 6. The van der Waals surface area contributed by atoms with Crippen LogP contribution in [0.15, 0.2) is 52.9 Å². The normalized spacial score (nSPS) is 11.7. The van der Waals surface area contributed by atoms with Gasteiger partial charge in [-0.2, -0.15) is 0 Å². The molecule has 134 valence electrons. The number of ether oxygens (including phenoxy) is 1. The first-order valence-corrected chi connectivity index (χ1v) is 9.01. The van der Waals surface area contributed by atoms with Gasteiger partial charge in [0.05, 0.1) is 6.04 Å². The second kappa shape index (κ2) is 8.39. The van der Waals surface area contributed by atoms with Gasteiger partial charge in [0.25, 0.3) is 11.5 Å². The zero-order valence-corrected chi connectivity index (χ0v) is 15.0. The maximum absolute atomic E-state index is 12.4. The van der Waals surface area contributed by atoms with Gasteiger partial charge in [-0.3, -0.25) is 9.59 Å². The lowest BCUT2D eigenvalue weighted by Gasteiger charge is -2.14. The van der Waals surface area contributed by atoms with Gasteiger partial charge in [-0.05, 0) is 18.6 Å². The van der Waals surface area contributed by atoms with E-state index in [1.807, 2.05) is 42.6 Å². The highest BCUT2D eigenvalue weighted by molar-refractivity contribution is 7.09. The number of benzene rings is 1. The molecule has 2 heterocycles. The molecule has 8 heteroatoms. The Labute approximate surface area is 154 Å². The number of thiazole rings is 1. The van der Waals surface area contributed by atoms with Crippen LogP contribution in [-0.2, 0) is 6.61 Å². The topological polar surface area (TPSA) is 97.0 Å². The fourth-order valence-electron chi connectivity index (χ4n) is 2.32. The van der Waals surface area contributed by atoms with Crippen molar-refractivity contribution in [1.29, 1.82) is 0 Å². The average molecular weight is 370 g/mol. The van der Waals surface area contributed by atoms with E-state index in [1.54, 1.807) is 6.20 Å². The summed E-state index contributed by atoms with van der Waals surface area (Å²) in [7, 11) is 0. The molecule has 0 aliphatic carbocycles. The summed E-state index contributed by atoms with van der Waals surface area (Å²) in [5, 5.41) is 5.47. The van der Waals surface area contributed by atoms with Crippen molar-refractivity contribution >= 4 is 17.2 Å². The van der Waals surface area contributed by atoms with Gasteiger partial charge in [0.1, 0.15) is 28.8 Å². The van der Waals surface area contributed by atoms with Crippen LogP contribution < -0.4 is 15.6 Å². The summed E-state index contributed by atoms with van der Waals surface area (Å²) in [5.74, 6) is 0.546. The molecule has 0 saturated heterocycles. The third-order valence-corrected chi connectivity index (χ3v) is 4.57. The number of amides is 1. The lowest BCUT2D eigenvalue weighted by molar-refractivity contribution is 0.0933. The Kier molecular flexibility index (Phi) is 5.75. The standard InChI is InChI=1S/C18H18N4O3S/c1-2-14(18-19-8-9-26-18)21-16(23)13-10-20-15(22-17(13)24)11-25-12-6-4-3-5-7-12/h3-10,14H,2,11H2,1H3,(H,21,23)(H,20,22,24). The molecule has 1 atom stereocenters. The number of para-hydroxylation sites is 1. The molecule has 0 bridgehead atoms. The predicted octanol–water partition coefficient (Wildman–Crippen LogP) is 2.69. The van der Waals surface area contributed by atoms with Crippen molar-refractivity contribution in [1.82, 2.24) is 20.3 Å². The van der Waals surface area contributed by atoms with E-state index < -0.39 is 11.5 Å². The minimum Gasteiger partial charge on any atom is -0.486 e. The Morgan fingerprint density at radius 1 is 1.31 bits per heavy atom. The fourth-order valence-corrected chi connectivity index (χ4v) is 3.09. The van der Waals surface area contributed by atoms with Crippen LogP contribution in [-0.4, -0.2) is 20.9 Å². The van der Waals surface area contributed by atoms with E-state index in [1.165, 1.54) is 17.5 Å². The van der Waals surface area contributed by atoms with Gasteiger partial charge >= 0.3 is 0 Å². The van der Waals surface area contributed by atoms with Gasteiger partial charge in [-0.15, -0.1) is 11.3 Å². The predicted molar refractivity (Wildman–Crippen MR) is 98.2 cm³/mol. The Balaban J connectivity index is 1.67. The van der Waals surface area contributed by atoms with E-state index >= 15 is 0 Å². The first kappa shape index (κ1) is 17.8. The molecule has 1 aromatic carbocycles. The molecule has 1 amide bonds. The Morgan fingerprint density at radius 3 is 2.77 bits per heavy atom. The quantitative estimate of drug-likeness (QED) is 0.666. The summed E-state index contributed by atoms with van der Waals surface area (Å²) >= 11 is 1.46. The first-order valence-electron chi connectivity index (χ1n) is 8.13. The van der Waals surface area contributed by atoms with E-state index in [0.29, 0.717) is 18.0 Å². The molecule has 2 aromatic heterocycles. The van der Waals surface area contributed by atoms with Crippen LogP contribution in [0.5, 0.6) is 5.75 Å². The maximum Gasteiger partial charge on any atom is 0.263 e. The summed E-state index contributed by atoms with van der Waals surface area (Å²) in [6.45, 7) is 2.05. The van der Waals surface area contributed by atoms with E-state index in [9.17, 15) is 9.59 Å². The van der Waals surface area contributed by atoms with E-state index in [-0.39, 0.29) is 18.2 Å². The maximum atomic E-state index is 12.4. The summed E-state index contributed by atoms with van der Waals surface area (Å²) in [4.78, 5) is 35.5. The number of nitrogens with zero attached hydrogens (tertiary/aromatic N) is 2. The smallest absolute Gasteiger partial charge is 0.263 e. The molecule has 0 saturated carbocycles. The van der Waals surface area contributed by atoms with E-state index in [2.05, 4.69) is 20.3 Å². The summed E-state index contributed by atoms with van der Waals surface area (Å²) < 4.78 is 5.54. The van der Waals surface area contributed by atoms with Crippen molar-refractivity contribution < 1.29 is 9.53 Å². The SMILES string of the molecule is CCC(NC(=O)c1cnc(COc2ccccc2)[nH]c1=O)c1nccs1. The van der Waals surface area contributed by atoms with Crippen molar-refractivity contribution in [3.05, 3.63) is 74.9 Å². The van der Waals surface area contributed by atoms with Gasteiger partial charge in [0.2, 0.25) is 0 Å². The Morgan fingerprint density at radius 2 is 2.12 bits per heavy atom. The van der Waals surface area contributed by atoms with Gasteiger partial charge in [0, 0.05) is 17.8 Å². The van der Waals surface area contributed by atoms with E-state index in [0.717, 1.165) is 5.01 Å². The third-order valence-electron chi connectivity index (χ3n) is 3.68. The number of aromatic amines is 1. The number of H-pyrrole nitrogens is 1. The molecule has 0 radical (unpaired) electrons. The van der Waals surface area contributed by atoms with Gasteiger partial charge < -0.3 is 15.0 Å². The van der Waals surface area contributed by atoms with Crippen molar-refractivity contribution in [3.63, 3.8) is 0 Å². The van der Waals surface area contributed by atoms with Crippen LogP contribution in [0.1, 0.15) is 40.6 Å². The second-order valence-electron chi connectivity index (χ2n) is 5.48. The molecule has 2 N–H and O–H groups in total. The lowest BCUT2D eigenvalue weighted by Crippen LogP contribution is -2.33. The highest BCUT2D eigenvalue weighted by Crippen LogP contribution is 2.19. The van der Waals surface area contributed by atoms with Gasteiger partial charge in [0.15, 0.2) is 0 Å². The number of carbonyl (C=O) groups is 1. The van der Waals surface area contributed by atoms with Crippen molar-refractivity contribution in [2.24, 2.45) is 0 Å². The first-order chi connectivity index (χ1) is 12.7. The Bertz CT molecular complexity index is 910. The van der Waals surface area contributed by atoms with E-state index in [4.69, 9.17) is 4.74 Å². The summed E-state index contributed by atoms with van der Waals surface area (Å²) in [6, 6.07) is 8.97. The van der Waals surface area contributed by atoms with Crippen LogP contribution in [0.2, 0.25) is 0 Å². The number of carbonyl (C=O) groups excluding carboxylic acids is 1. The molecule has 0 aliphatic rings. The summed E-state index contributed by atoms with van der Waals surface area (Å²) in [5.41, 5.74) is -0.540. The molecule has 26 heavy (non-hydrogen) atoms. The minimum atomic E-state index is -0.502. The molecule has 0 spiro atoms. The lowest BCUT2D eigenvalue weighted by atomic mass is 10.2. The minimum absolute atomic E-state index is 0.0385. The molecule has 3 rings (SSSR count). The zero-order chi connectivity index (χ0) is 18.4. The molecule has 7 nitrogen and oxygen atoms in total. The second-order valence-corrected chi connectivity index (χ2v) is 6.41. The Hall–Kier alpha value is -3.00. The van der Waals surface area contributed by atoms with Gasteiger partial charge in [-0.25, -0.2) is 9.97 Å². The molecule has 1 unspecified atom stereocenters. The molecule has 3 aromatic rings. The highest BCUT2D eigenvalue weighted by Gasteiger charge is 2.18.